The van der Waals surface area contributed by atoms with Gasteiger partial charge in [0, 0.05) is 18.6 Å². The summed E-state index contributed by atoms with van der Waals surface area (Å²) in [5, 5.41) is 3.50. The van der Waals surface area contributed by atoms with Gasteiger partial charge < -0.3 is 10.1 Å². The topological polar surface area (TPSA) is 21.3 Å². The van der Waals surface area contributed by atoms with Crippen LogP contribution in [0, 0.1) is 12.7 Å². The van der Waals surface area contributed by atoms with Crippen LogP contribution in [0.1, 0.15) is 49.8 Å². The smallest absolute Gasteiger partial charge is 0.123 e. The van der Waals surface area contributed by atoms with Gasteiger partial charge >= 0.3 is 0 Å². The summed E-state index contributed by atoms with van der Waals surface area (Å²) < 4.78 is 19.3. The van der Waals surface area contributed by atoms with E-state index in [1.165, 1.54) is 17.2 Å². The third kappa shape index (κ3) is 4.72. The lowest BCUT2D eigenvalue weighted by molar-refractivity contribution is -0.0840. The van der Waals surface area contributed by atoms with Crippen LogP contribution in [0.4, 0.5) is 4.39 Å². The van der Waals surface area contributed by atoms with Crippen molar-refractivity contribution in [2.45, 2.75) is 57.6 Å². The normalized spacial score (nSPS) is 22.3. The third-order valence-corrected chi connectivity index (χ3v) is 5.50. The Morgan fingerprint density at radius 3 is 2.58 bits per heavy atom. The highest BCUT2D eigenvalue weighted by molar-refractivity contribution is 5.30. The molecule has 1 unspecified atom stereocenters. The molecule has 1 heterocycles. The summed E-state index contributed by atoms with van der Waals surface area (Å²) in [4.78, 5) is 0. The fourth-order valence-corrected chi connectivity index (χ4v) is 4.20. The minimum atomic E-state index is -0.174. The Kier molecular flexibility index (Phi) is 5.79. The van der Waals surface area contributed by atoms with Crippen molar-refractivity contribution < 1.29 is 9.13 Å². The number of hydrogen-bond donors (Lipinski definition) is 1. The molecule has 1 atom stereocenters. The number of ether oxygens (including phenoxy) is 1. The molecule has 1 aliphatic heterocycles. The van der Waals surface area contributed by atoms with Crippen LogP contribution in [0.5, 0.6) is 0 Å². The van der Waals surface area contributed by atoms with Crippen molar-refractivity contribution in [3.8, 4) is 0 Å². The Hall–Kier alpha value is -1.71. The molecule has 0 bridgehead atoms. The first-order valence-corrected chi connectivity index (χ1v) is 9.55. The van der Waals surface area contributed by atoms with Gasteiger partial charge in [0.25, 0.3) is 0 Å². The maximum absolute atomic E-state index is 13.3. The molecule has 0 radical (unpaired) electrons. The van der Waals surface area contributed by atoms with E-state index < -0.39 is 0 Å². The summed E-state index contributed by atoms with van der Waals surface area (Å²) >= 11 is 0. The Labute approximate surface area is 156 Å². The summed E-state index contributed by atoms with van der Waals surface area (Å²) in [5.74, 6) is -0.174. The average Bonchev–Trinajstić information content (AvgIpc) is 2.58. The first-order valence-electron chi connectivity index (χ1n) is 9.55. The number of rotatable bonds is 6. The minimum absolute atomic E-state index is 0.105. The van der Waals surface area contributed by atoms with Crippen LogP contribution < -0.4 is 5.32 Å². The van der Waals surface area contributed by atoms with Crippen molar-refractivity contribution in [1.29, 1.82) is 0 Å². The molecule has 2 aromatic carbocycles. The van der Waals surface area contributed by atoms with Crippen LogP contribution in [0.2, 0.25) is 0 Å². The maximum atomic E-state index is 13.3. The molecule has 0 aliphatic carbocycles. The molecule has 2 nitrogen and oxygen atoms in total. The van der Waals surface area contributed by atoms with E-state index in [0.29, 0.717) is 6.54 Å². The standard InChI is InChI=1S/C23H30FNO/c1-18-7-9-20(10-8-18)23(12-14-26-22(2,3)17-23)11-13-25-16-19-5-4-6-21(24)15-19/h4-10,15,25H,11-14,16-17H2,1-3H3. The molecule has 3 rings (SSSR count). The minimum Gasteiger partial charge on any atom is -0.376 e. The van der Waals surface area contributed by atoms with Gasteiger partial charge in [-0.25, -0.2) is 4.39 Å². The zero-order chi connectivity index (χ0) is 18.6. The molecule has 0 amide bonds. The second-order valence-electron chi connectivity index (χ2n) is 8.24. The van der Waals surface area contributed by atoms with Crippen molar-refractivity contribution in [3.63, 3.8) is 0 Å². The SMILES string of the molecule is Cc1ccc(C2(CCNCc3cccc(F)c3)CCOC(C)(C)C2)cc1. The quantitative estimate of drug-likeness (QED) is 0.724. The molecule has 2 aromatic rings. The number of benzene rings is 2. The first-order chi connectivity index (χ1) is 12.4. The third-order valence-electron chi connectivity index (χ3n) is 5.50. The number of aryl methyl sites for hydroxylation is 1. The van der Waals surface area contributed by atoms with Crippen LogP contribution in [0.25, 0.3) is 0 Å². The lowest BCUT2D eigenvalue weighted by atomic mass is 9.67. The molecule has 140 valence electrons. The second-order valence-corrected chi connectivity index (χ2v) is 8.24. The van der Waals surface area contributed by atoms with Gasteiger partial charge in [0.15, 0.2) is 0 Å². The monoisotopic (exact) mass is 355 g/mol. The summed E-state index contributed by atoms with van der Waals surface area (Å²) in [7, 11) is 0. The zero-order valence-corrected chi connectivity index (χ0v) is 16.1. The molecule has 1 N–H and O–H groups in total. The van der Waals surface area contributed by atoms with Crippen molar-refractivity contribution in [1.82, 2.24) is 5.32 Å². The lowest BCUT2D eigenvalue weighted by Crippen LogP contribution is -2.45. The molecule has 0 saturated carbocycles. The van der Waals surface area contributed by atoms with E-state index in [4.69, 9.17) is 4.74 Å². The second kappa shape index (κ2) is 7.89. The fourth-order valence-electron chi connectivity index (χ4n) is 4.20. The van der Waals surface area contributed by atoms with Gasteiger partial charge in [0.2, 0.25) is 0 Å². The van der Waals surface area contributed by atoms with Crippen LogP contribution in [-0.4, -0.2) is 18.8 Å². The highest BCUT2D eigenvalue weighted by Crippen LogP contribution is 2.43. The Bertz CT molecular complexity index is 725. The largest absolute Gasteiger partial charge is 0.376 e. The van der Waals surface area contributed by atoms with Gasteiger partial charge in [-0.2, -0.15) is 0 Å². The summed E-state index contributed by atoms with van der Waals surface area (Å²) in [6.07, 6.45) is 3.12. The Morgan fingerprint density at radius 2 is 1.88 bits per heavy atom. The van der Waals surface area contributed by atoms with Crippen LogP contribution in [0.15, 0.2) is 48.5 Å². The molecular weight excluding hydrogens is 325 g/mol. The molecule has 1 aliphatic rings. The van der Waals surface area contributed by atoms with E-state index in [0.717, 1.165) is 38.0 Å². The molecule has 26 heavy (non-hydrogen) atoms. The van der Waals surface area contributed by atoms with Gasteiger partial charge in [0.05, 0.1) is 5.60 Å². The summed E-state index contributed by atoms with van der Waals surface area (Å²) in [6, 6.07) is 15.8. The van der Waals surface area contributed by atoms with E-state index in [2.05, 4.69) is 50.4 Å². The van der Waals surface area contributed by atoms with Gasteiger partial charge in [-0.15, -0.1) is 0 Å². The van der Waals surface area contributed by atoms with E-state index in [-0.39, 0.29) is 16.8 Å². The van der Waals surface area contributed by atoms with E-state index in [1.807, 2.05) is 6.07 Å². The van der Waals surface area contributed by atoms with Crippen molar-refractivity contribution >= 4 is 0 Å². The van der Waals surface area contributed by atoms with Crippen LogP contribution in [0.3, 0.4) is 0 Å². The molecule has 3 heteroatoms. The summed E-state index contributed by atoms with van der Waals surface area (Å²) in [6.45, 7) is 8.91. The fraction of sp³-hybridized carbons (Fsp3) is 0.478. The van der Waals surface area contributed by atoms with Crippen LogP contribution >= 0.6 is 0 Å². The zero-order valence-electron chi connectivity index (χ0n) is 16.1. The molecule has 1 fully saturated rings. The van der Waals surface area contributed by atoms with E-state index in [9.17, 15) is 4.39 Å². The van der Waals surface area contributed by atoms with Crippen molar-refractivity contribution in [2.75, 3.05) is 13.2 Å². The Balaban J connectivity index is 1.69. The molecule has 0 aromatic heterocycles. The maximum Gasteiger partial charge on any atom is 0.123 e. The number of halogens is 1. The van der Waals surface area contributed by atoms with Crippen LogP contribution in [-0.2, 0) is 16.7 Å². The summed E-state index contributed by atoms with van der Waals surface area (Å²) in [5.41, 5.74) is 3.71. The molecular formula is C23H30FNO. The van der Waals surface area contributed by atoms with Gasteiger partial charge in [-0.1, -0.05) is 42.0 Å². The van der Waals surface area contributed by atoms with E-state index >= 15 is 0 Å². The molecule has 0 spiro atoms. The van der Waals surface area contributed by atoms with Gasteiger partial charge in [0.1, 0.15) is 5.82 Å². The van der Waals surface area contributed by atoms with Crippen molar-refractivity contribution in [3.05, 3.63) is 71.0 Å². The van der Waals surface area contributed by atoms with Gasteiger partial charge in [-0.05, 0) is 69.8 Å². The number of nitrogens with one attached hydrogen (secondary N) is 1. The molecule has 1 saturated heterocycles. The van der Waals surface area contributed by atoms with Crippen molar-refractivity contribution in [2.24, 2.45) is 0 Å². The lowest BCUT2D eigenvalue weighted by Gasteiger charge is -2.45. The predicted octanol–water partition coefficient (Wildman–Crippen LogP) is 5.14. The Morgan fingerprint density at radius 1 is 1.12 bits per heavy atom. The first kappa shape index (κ1) is 19.1. The highest BCUT2D eigenvalue weighted by Gasteiger charge is 2.41. The average molecular weight is 355 g/mol. The highest BCUT2D eigenvalue weighted by atomic mass is 19.1. The van der Waals surface area contributed by atoms with Gasteiger partial charge in [-0.3, -0.25) is 0 Å². The van der Waals surface area contributed by atoms with E-state index in [1.54, 1.807) is 12.1 Å². The predicted molar refractivity (Wildman–Crippen MR) is 105 cm³/mol. The number of hydrogen-bond acceptors (Lipinski definition) is 2.